The highest BCUT2D eigenvalue weighted by Gasteiger charge is 1.95. The van der Waals surface area contributed by atoms with E-state index in [4.69, 9.17) is 15.3 Å². The lowest BCUT2D eigenvalue weighted by Crippen LogP contribution is -1.98. The van der Waals surface area contributed by atoms with Gasteiger partial charge in [0.25, 0.3) is 0 Å². The predicted octanol–water partition coefficient (Wildman–Crippen LogP) is 5.19. The van der Waals surface area contributed by atoms with Gasteiger partial charge in [-0.05, 0) is 27.2 Å². The minimum Gasteiger partial charge on any atom is -0.478 e. The maximum atomic E-state index is 9.60. The summed E-state index contributed by atoms with van der Waals surface area (Å²) in [6, 6.07) is 0. The van der Waals surface area contributed by atoms with Crippen LogP contribution in [0.15, 0.2) is 24.3 Å². The molecule has 3 N–H and O–H groups in total. The van der Waals surface area contributed by atoms with E-state index in [0.717, 1.165) is 6.42 Å². The molecular weight excluding hydrogens is 320 g/mol. The summed E-state index contributed by atoms with van der Waals surface area (Å²) in [5.41, 5.74) is 0.352. The fraction of sp³-hybridized carbons (Fsp3) is 0.700. The van der Waals surface area contributed by atoms with E-state index < -0.39 is 11.9 Å². The van der Waals surface area contributed by atoms with Crippen LogP contribution in [0.5, 0.6) is 0 Å². The summed E-state index contributed by atoms with van der Waals surface area (Å²) in [5.74, 6) is -1.87. The molecule has 0 saturated carbocycles. The normalized spacial score (nSPS) is 10.4. The Hall–Kier alpha value is -1.62. The molecule has 0 aromatic carbocycles. The summed E-state index contributed by atoms with van der Waals surface area (Å²) in [6.07, 6.45) is 11.7. The Balaban J connectivity index is -0.000000336. The van der Waals surface area contributed by atoms with Crippen molar-refractivity contribution in [2.24, 2.45) is 0 Å². The number of aliphatic carboxylic acids is 2. The zero-order valence-electron chi connectivity index (χ0n) is 16.5. The van der Waals surface area contributed by atoms with Crippen LogP contribution < -0.4 is 0 Å². The van der Waals surface area contributed by atoms with Crippen LogP contribution in [-0.2, 0) is 9.59 Å². The average molecular weight is 359 g/mol. The summed E-state index contributed by atoms with van der Waals surface area (Å²) in [6.45, 7) is 13.3. The van der Waals surface area contributed by atoms with Crippen LogP contribution in [0.4, 0.5) is 0 Å². The molecule has 0 radical (unpaired) electrons. The van der Waals surface area contributed by atoms with Gasteiger partial charge in [-0.15, -0.1) is 0 Å². The van der Waals surface area contributed by atoms with Crippen LogP contribution in [0.3, 0.4) is 0 Å². The Kier molecular flexibility index (Phi) is 23.0. The molecule has 1 unspecified atom stereocenters. The number of carboxylic acids is 2. The molecule has 1 atom stereocenters. The molecule has 0 rings (SSSR count). The van der Waals surface area contributed by atoms with Gasteiger partial charge in [-0.25, -0.2) is 9.59 Å². The van der Waals surface area contributed by atoms with Crippen LogP contribution in [0, 0.1) is 0 Å². The van der Waals surface area contributed by atoms with Crippen molar-refractivity contribution in [2.45, 2.75) is 91.6 Å². The highest BCUT2D eigenvalue weighted by molar-refractivity contribution is 5.85. The monoisotopic (exact) mass is 358 g/mol. The Bertz CT molecular complexity index is 324. The van der Waals surface area contributed by atoms with Gasteiger partial charge in [0.2, 0.25) is 0 Å². The van der Waals surface area contributed by atoms with Gasteiger partial charge in [0, 0.05) is 11.1 Å². The van der Waals surface area contributed by atoms with Crippen molar-refractivity contribution in [3.8, 4) is 0 Å². The van der Waals surface area contributed by atoms with Crippen molar-refractivity contribution >= 4 is 11.9 Å². The van der Waals surface area contributed by atoms with E-state index in [-0.39, 0.29) is 17.3 Å². The van der Waals surface area contributed by atoms with E-state index in [1.807, 2.05) is 6.92 Å². The minimum absolute atomic E-state index is 0.0971. The number of aliphatic hydroxyl groups excluding tert-OH is 1. The van der Waals surface area contributed by atoms with Gasteiger partial charge >= 0.3 is 11.9 Å². The number of aliphatic hydroxyl groups is 1. The van der Waals surface area contributed by atoms with E-state index in [1.165, 1.54) is 65.2 Å². The molecule has 0 aliphatic heterocycles. The lowest BCUT2D eigenvalue weighted by atomic mass is 10.1. The van der Waals surface area contributed by atoms with Gasteiger partial charge in [-0.2, -0.15) is 0 Å². The van der Waals surface area contributed by atoms with Crippen LogP contribution >= 0.6 is 0 Å². The molecule has 0 saturated heterocycles. The first-order chi connectivity index (χ1) is 11.6. The fourth-order valence-corrected chi connectivity index (χ4v) is 1.57. The van der Waals surface area contributed by atoms with Crippen LogP contribution in [0.2, 0.25) is 0 Å². The SMILES string of the molecule is C=C(C)C(=O)O.C=C(C)C(=O)O.CCCCCCCCCCC(C)O. The highest BCUT2D eigenvalue weighted by atomic mass is 16.4. The van der Waals surface area contributed by atoms with Crippen molar-refractivity contribution in [2.75, 3.05) is 0 Å². The topological polar surface area (TPSA) is 94.8 Å². The third-order valence-corrected chi connectivity index (χ3v) is 3.21. The fourth-order valence-electron chi connectivity index (χ4n) is 1.57. The third kappa shape index (κ3) is 34.6. The van der Waals surface area contributed by atoms with E-state index >= 15 is 0 Å². The molecule has 0 amide bonds. The first kappa shape index (κ1) is 28.2. The molecule has 0 aromatic rings. The number of carboxylic acid groups (broad SMARTS) is 2. The second-order valence-corrected chi connectivity index (χ2v) is 6.28. The predicted molar refractivity (Wildman–Crippen MR) is 104 cm³/mol. The number of unbranched alkanes of at least 4 members (excludes halogenated alkanes) is 7. The lowest BCUT2D eigenvalue weighted by molar-refractivity contribution is -0.133. The van der Waals surface area contributed by atoms with Crippen molar-refractivity contribution in [1.82, 2.24) is 0 Å². The van der Waals surface area contributed by atoms with Gasteiger partial charge in [-0.1, -0.05) is 71.4 Å². The van der Waals surface area contributed by atoms with E-state index in [1.54, 1.807) is 0 Å². The molecule has 0 fully saturated rings. The number of rotatable bonds is 11. The molecule has 0 aliphatic rings. The first-order valence-electron chi connectivity index (χ1n) is 9.01. The van der Waals surface area contributed by atoms with Gasteiger partial charge < -0.3 is 15.3 Å². The summed E-state index contributed by atoms with van der Waals surface area (Å²) in [5, 5.41) is 24.8. The molecule has 0 heterocycles. The molecular formula is C20H38O5. The molecule has 0 aliphatic carbocycles. The quantitative estimate of drug-likeness (QED) is 0.349. The number of carbonyl (C=O) groups is 2. The second kappa shape index (κ2) is 20.4. The molecule has 5 nitrogen and oxygen atoms in total. The molecule has 0 bridgehead atoms. The van der Waals surface area contributed by atoms with E-state index in [9.17, 15) is 9.59 Å². The number of hydrogen-bond acceptors (Lipinski definition) is 3. The average Bonchev–Trinajstić information content (AvgIpc) is 2.50. The molecule has 148 valence electrons. The maximum absolute atomic E-state index is 9.60. The van der Waals surface area contributed by atoms with Crippen molar-refractivity contribution in [3.63, 3.8) is 0 Å². The van der Waals surface area contributed by atoms with Gasteiger partial charge in [0.15, 0.2) is 0 Å². The Morgan fingerprint density at radius 1 is 0.800 bits per heavy atom. The smallest absolute Gasteiger partial charge is 0.330 e. The molecule has 0 aromatic heterocycles. The summed E-state index contributed by atoms with van der Waals surface area (Å²) in [4.78, 5) is 19.2. The van der Waals surface area contributed by atoms with Gasteiger partial charge in [0.05, 0.1) is 6.10 Å². The van der Waals surface area contributed by atoms with Crippen LogP contribution in [0.25, 0.3) is 0 Å². The zero-order chi connectivity index (χ0) is 20.3. The van der Waals surface area contributed by atoms with Gasteiger partial charge in [-0.3, -0.25) is 0 Å². The highest BCUT2D eigenvalue weighted by Crippen LogP contribution is 2.10. The zero-order valence-corrected chi connectivity index (χ0v) is 16.5. The third-order valence-electron chi connectivity index (χ3n) is 3.21. The van der Waals surface area contributed by atoms with E-state index in [2.05, 4.69) is 20.1 Å². The summed E-state index contributed by atoms with van der Waals surface area (Å²) >= 11 is 0. The van der Waals surface area contributed by atoms with Gasteiger partial charge in [0.1, 0.15) is 0 Å². The van der Waals surface area contributed by atoms with Crippen molar-refractivity contribution < 1.29 is 24.9 Å². The van der Waals surface area contributed by atoms with E-state index in [0.29, 0.717) is 0 Å². The van der Waals surface area contributed by atoms with Crippen LogP contribution in [-0.4, -0.2) is 33.4 Å². The summed E-state index contributed by atoms with van der Waals surface area (Å²) in [7, 11) is 0. The molecule has 5 heteroatoms. The second-order valence-electron chi connectivity index (χ2n) is 6.28. The minimum atomic E-state index is -0.935. The molecule has 0 spiro atoms. The number of hydrogen-bond donors (Lipinski definition) is 3. The van der Waals surface area contributed by atoms with Crippen molar-refractivity contribution in [3.05, 3.63) is 24.3 Å². The maximum Gasteiger partial charge on any atom is 0.330 e. The van der Waals surface area contributed by atoms with Crippen molar-refractivity contribution in [1.29, 1.82) is 0 Å². The first-order valence-corrected chi connectivity index (χ1v) is 9.01. The molecule has 25 heavy (non-hydrogen) atoms. The Morgan fingerprint density at radius 3 is 1.32 bits per heavy atom. The largest absolute Gasteiger partial charge is 0.478 e. The standard InChI is InChI=1S/C12H26O.2C4H6O2/c1-3-4-5-6-7-8-9-10-11-12(2)13;2*1-3(2)4(5)6/h12-13H,3-11H2,1-2H3;2*1H2,2H3,(H,5,6). The Morgan fingerprint density at radius 2 is 1.08 bits per heavy atom. The summed E-state index contributed by atoms with van der Waals surface area (Å²) < 4.78 is 0. The van der Waals surface area contributed by atoms with Crippen LogP contribution in [0.1, 0.15) is 85.5 Å². The Labute approximate surface area is 153 Å². The lowest BCUT2D eigenvalue weighted by Gasteiger charge is -2.03.